The molecule has 1 heterocycles. The molecule has 0 amide bonds. The van der Waals surface area contributed by atoms with Crippen molar-refractivity contribution in [1.82, 2.24) is 9.97 Å². The van der Waals surface area contributed by atoms with Gasteiger partial charge >= 0.3 is 0 Å². The molecule has 0 radical (unpaired) electrons. The molecule has 3 nitrogen and oxygen atoms in total. The van der Waals surface area contributed by atoms with Crippen LogP contribution in [0, 0.1) is 11.3 Å². The lowest BCUT2D eigenvalue weighted by Gasteiger charge is -2.34. The third-order valence-corrected chi connectivity index (χ3v) is 2.75. The Kier molecular flexibility index (Phi) is 1.93. The minimum atomic E-state index is -0.382. The van der Waals surface area contributed by atoms with Gasteiger partial charge in [0, 0.05) is 0 Å². The van der Waals surface area contributed by atoms with E-state index in [4.69, 9.17) is 16.9 Å². The van der Waals surface area contributed by atoms with E-state index in [1.165, 1.54) is 6.33 Å². The van der Waals surface area contributed by atoms with Crippen LogP contribution < -0.4 is 0 Å². The molecular formula is C9H8ClN3. The normalized spacial score (nSPS) is 18.8. The zero-order valence-corrected chi connectivity index (χ0v) is 7.75. The molecule has 0 N–H and O–H groups in total. The number of aromatic nitrogens is 2. The number of nitrogens with zero attached hydrogens (tertiary/aromatic N) is 3. The number of halogens is 1. The second kappa shape index (κ2) is 2.97. The van der Waals surface area contributed by atoms with Crippen LogP contribution in [0.15, 0.2) is 12.4 Å². The van der Waals surface area contributed by atoms with Gasteiger partial charge in [-0.05, 0) is 25.3 Å². The van der Waals surface area contributed by atoms with Gasteiger partial charge in [-0.2, -0.15) is 5.26 Å². The second-order valence-corrected chi connectivity index (χ2v) is 3.66. The minimum absolute atomic E-state index is 0.382. The standard InChI is InChI=1S/C9H8ClN3/c10-8-4-7(12-6-13-8)9(5-11)2-1-3-9/h4,6H,1-3H2. The first-order chi connectivity index (χ1) is 6.27. The lowest BCUT2D eigenvalue weighted by atomic mass is 9.68. The summed E-state index contributed by atoms with van der Waals surface area (Å²) in [6.07, 6.45) is 4.28. The van der Waals surface area contributed by atoms with Crippen LogP contribution >= 0.6 is 11.6 Å². The van der Waals surface area contributed by atoms with Crippen molar-refractivity contribution in [3.05, 3.63) is 23.2 Å². The molecule has 1 aliphatic rings. The van der Waals surface area contributed by atoms with Gasteiger partial charge < -0.3 is 0 Å². The van der Waals surface area contributed by atoms with Crippen molar-refractivity contribution in [3.63, 3.8) is 0 Å². The molecule has 0 bridgehead atoms. The maximum atomic E-state index is 9.03. The lowest BCUT2D eigenvalue weighted by Crippen LogP contribution is -2.33. The van der Waals surface area contributed by atoms with Gasteiger partial charge in [0.25, 0.3) is 0 Å². The van der Waals surface area contributed by atoms with Crippen molar-refractivity contribution in [2.45, 2.75) is 24.7 Å². The van der Waals surface area contributed by atoms with Crippen molar-refractivity contribution in [1.29, 1.82) is 5.26 Å². The van der Waals surface area contributed by atoms with Crippen LogP contribution in [-0.4, -0.2) is 9.97 Å². The Morgan fingerprint density at radius 1 is 1.46 bits per heavy atom. The Morgan fingerprint density at radius 2 is 2.23 bits per heavy atom. The van der Waals surface area contributed by atoms with Crippen LogP contribution in [0.2, 0.25) is 5.15 Å². The van der Waals surface area contributed by atoms with Gasteiger partial charge in [-0.3, -0.25) is 0 Å². The highest BCUT2D eigenvalue weighted by atomic mass is 35.5. The first-order valence-corrected chi connectivity index (χ1v) is 4.54. The quantitative estimate of drug-likeness (QED) is 0.642. The molecule has 4 heteroatoms. The van der Waals surface area contributed by atoms with E-state index in [-0.39, 0.29) is 5.41 Å². The summed E-state index contributed by atoms with van der Waals surface area (Å²) in [7, 11) is 0. The van der Waals surface area contributed by atoms with Gasteiger partial charge in [-0.1, -0.05) is 11.6 Å². The first kappa shape index (κ1) is 8.46. The van der Waals surface area contributed by atoms with E-state index < -0.39 is 0 Å². The summed E-state index contributed by atoms with van der Waals surface area (Å²) >= 11 is 5.73. The van der Waals surface area contributed by atoms with E-state index in [1.807, 2.05) is 0 Å². The fourth-order valence-electron chi connectivity index (χ4n) is 1.55. The summed E-state index contributed by atoms with van der Waals surface area (Å²) in [5.74, 6) is 0. The molecule has 0 aromatic carbocycles. The molecule has 1 saturated carbocycles. The molecule has 1 aromatic rings. The second-order valence-electron chi connectivity index (χ2n) is 3.27. The summed E-state index contributed by atoms with van der Waals surface area (Å²) in [6, 6.07) is 3.99. The van der Waals surface area contributed by atoms with Crippen molar-refractivity contribution < 1.29 is 0 Å². The van der Waals surface area contributed by atoms with Crippen LogP contribution in [0.3, 0.4) is 0 Å². The molecule has 0 spiro atoms. The summed E-state index contributed by atoms with van der Waals surface area (Å²) in [4.78, 5) is 7.88. The van der Waals surface area contributed by atoms with Crippen molar-refractivity contribution in [2.75, 3.05) is 0 Å². The lowest BCUT2D eigenvalue weighted by molar-refractivity contribution is 0.315. The predicted octanol–water partition coefficient (Wildman–Crippen LogP) is 2.08. The zero-order chi connectivity index (χ0) is 9.31. The number of nitriles is 1. The maximum Gasteiger partial charge on any atom is 0.132 e. The van der Waals surface area contributed by atoms with E-state index in [9.17, 15) is 0 Å². The van der Waals surface area contributed by atoms with Crippen molar-refractivity contribution >= 4 is 11.6 Å². The minimum Gasteiger partial charge on any atom is -0.240 e. The molecule has 13 heavy (non-hydrogen) atoms. The van der Waals surface area contributed by atoms with E-state index in [2.05, 4.69) is 16.0 Å². The van der Waals surface area contributed by atoms with E-state index in [1.54, 1.807) is 6.07 Å². The largest absolute Gasteiger partial charge is 0.240 e. The van der Waals surface area contributed by atoms with Crippen LogP contribution in [0.1, 0.15) is 25.0 Å². The summed E-state index contributed by atoms with van der Waals surface area (Å²) in [6.45, 7) is 0. The van der Waals surface area contributed by atoms with Gasteiger partial charge in [-0.15, -0.1) is 0 Å². The molecule has 66 valence electrons. The third kappa shape index (κ3) is 1.27. The first-order valence-electron chi connectivity index (χ1n) is 4.16. The monoisotopic (exact) mass is 193 g/mol. The van der Waals surface area contributed by atoms with E-state index in [0.29, 0.717) is 5.15 Å². The van der Waals surface area contributed by atoms with E-state index in [0.717, 1.165) is 25.0 Å². The predicted molar refractivity (Wildman–Crippen MR) is 48.2 cm³/mol. The van der Waals surface area contributed by atoms with Gasteiger partial charge in [0.1, 0.15) is 11.5 Å². The van der Waals surface area contributed by atoms with Gasteiger partial charge in [-0.25, -0.2) is 9.97 Å². The Labute approximate surface area is 81.4 Å². The summed E-state index contributed by atoms with van der Waals surface area (Å²) in [5, 5.41) is 9.44. The summed E-state index contributed by atoms with van der Waals surface area (Å²) in [5.41, 5.74) is 0.383. The fourth-order valence-corrected chi connectivity index (χ4v) is 1.70. The van der Waals surface area contributed by atoms with Crippen LogP contribution in [0.4, 0.5) is 0 Å². The Balaban J connectivity index is 2.40. The molecule has 0 saturated heterocycles. The molecular weight excluding hydrogens is 186 g/mol. The van der Waals surface area contributed by atoms with Crippen LogP contribution in [0.25, 0.3) is 0 Å². The van der Waals surface area contributed by atoms with Crippen LogP contribution in [-0.2, 0) is 5.41 Å². The smallest absolute Gasteiger partial charge is 0.132 e. The van der Waals surface area contributed by atoms with Gasteiger partial charge in [0.2, 0.25) is 0 Å². The molecule has 0 atom stereocenters. The molecule has 1 aliphatic carbocycles. The number of hydrogen-bond acceptors (Lipinski definition) is 3. The van der Waals surface area contributed by atoms with Crippen LogP contribution in [0.5, 0.6) is 0 Å². The number of rotatable bonds is 1. The maximum absolute atomic E-state index is 9.03. The average molecular weight is 194 g/mol. The van der Waals surface area contributed by atoms with Gasteiger partial charge in [0.15, 0.2) is 0 Å². The Hall–Kier alpha value is -1.14. The number of hydrogen-bond donors (Lipinski definition) is 0. The molecule has 1 fully saturated rings. The molecule has 0 unspecified atom stereocenters. The molecule has 2 rings (SSSR count). The molecule has 1 aromatic heterocycles. The third-order valence-electron chi connectivity index (χ3n) is 2.55. The average Bonchev–Trinajstić information content (AvgIpc) is 2.03. The Morgan fingerprint density at radius 3 is 2.69 bits per heavy atom. The molecule has 0 aliphatic heterocycles. The van der Waals surface area contributed by atoms with Crippen molar-refractivity contribution in [2.24, 2.45) is 0 Å². The van der Waals surface area contributed by atoms with E-state index >= 15 is 0 Å². The zero-order valence-electron chi connectivity index (χ0n) is 7.00. The SMILES string of the molecule is N#CC1(c2cc(Cl)ncn2)CCC1. The summed E-state index contributed by atoms with van der Waals surface area (Å²) < 4.78 is 0. The highest BCUT2D eigenvalue weighted by Crippen LogP contribution is 2.42. The highest BCUT2D eigenvalue weighted by molar-refractivity contribution is 6.29. The fraction of sp³-hybridized carbons (Fsp3) is 0.444. The van der Waals surface area contributed by atoms with Gasteiger partial charge in [0.05, 0.1) is 17.2 Å². The van der Waals surface area contributed by atoms with Crippen molar-refractivity contribution in [3.8, 4) is 6.07 Å². The topological polar surface area (TPSA) is 49.6 Å². The highest BCUT2D eigenvalue weighted by Gasteiger charge is 2.40. The Bertz CT molecular complexity index is 365.